The minimum Gasteiger partial charge on any atom is -0.324 e. The molecular formula is C13H9BrClFN2OS. The van der Waals surface area contributed by atoms with E-state index in [1.807, 2.05) is 12.1 Å². The van der Waals surface area contributed by atoms with Crippen LogP contribution in [0.4, 0.5) is 10.1 Å². The second-order valence-corrected chi connectivity index (χ2v) is 6.09. The third-order valence-electron chi connectivity index (χ3n) is 2.26. The van der Waals surface area contributed by atoms with Crippen LogP contribution in [0.3, 0.4) is 0 Å². The van der Waals surface area contributed by atoms with Gasteiger partial charge in [0.1, 0.15) is 5.82 Å². The van der Waals surface area contributed by atoms with Gasteiger partial charge in [0.25, 0.3) is 0 Å². The van der Waals surface area contributed by atoms with Gasteiger partial charge in [-0.3, -0.25) is 4.79 Å². The van der Waals surface area contributed by atoms with E-state index in [1.54, 1.807) is 6.20 Å². The first-order chi connectivity index (χ1) is 9.54. The van der Waals surface area contributed by atoms with Crippen molar-refractivity contribution in [2.75, 3.05) is 11.1 Å². The number of benzene rings is 1. The van der Waals surface area contributed by atoms with Gasteiger partial charge in [0, 0.05) is 10.7 Å². The Bertz CT molecular complexity index is 624. The quantitative estimate of drug-likeness (QED) is 0.807. The lowest BCUT2D eigenvalue weighted by molar-refractivity contribution is -0.113. The fourth-order valence-electron chi connectivity index (χ4n) is 1.36. The average Bonchev–Trinajstić information content (AvgIpc) is 2.41. The molecule has 2 aromatic rings. The van der Waals surface area contributed by atoms with Gasteiger partial charge in [-0.2, -0.15) is 0 Å². The zero-order valence-corrected chi connectivity index (χ0v) is 13.2. The molecule has 0 unspecified atom stereocenters. The summed E-state index contributed by atoms with van der Waals surface area (Å²) in [5.41, 5.74) is 0.391. The summed E-state index contributed by atoms with van der Waals surface area (Å²) in [5.74, 6) is -0.475. The molecule has 1 amide bonds. The molecule has 104 valence electrons. The number of carbonyl (C=O) groups excluding carboxylic acids is 1. The maximum absolute atomic E-state index is 12.9. The number of halogens is 3. The molecule has 0 spiro atoms. The largest absolute Gasteiger partial charge is 0.324 e. The van der Waals surface area contributed by atoms with Crippen LogP contribution in [-0.2, 0) is 4.79 Å². The first kappa shape index (κ1) is 15.3. The number of aromatic nitrogens is 1. The number of carbonyl (C=O) groups is 1. The van der Waals surface area contributed by atoms with E-state index in [0.717, 1.165) is 15.6 Å². The maximum atomic E-state index is 12.9. The highest BCUT2D eigenvalue weighted by molar-refractivity contribution is 9.10. The Labute approximate surface area is 133 Å². The number of pyridine rings is 1. The van der Waals surface area contributed by atoms with Crippen molar-refractivity contribution in [2.24, 2.45) is 0 Å². The molecule has 0 atom stereocenters. The third kappa shape index (κ3) is 4.47. The summed E-state index contributed by atoms with van der Waals surface area (Å²) in [5, 5.41) is 3.54. The molecule has 1 aromatic carbocycles. The normalized spacial score (nSPS) is 10.3. The van der Waals surface area contributed by atoms with Crippen molar-refractivity contribution in [1.82, 2.24) is 4.98 Å². The van der Waals surface area contributed by atoms with Gasteiger partial charge in [0.05, 0.1) is 21.5 Å². The number of anilines is 1. The molecule has 1 heterocycles. The van der Waals surface area contributed by atoms with Crippen molar-refractivity contribution < 1.29 is 9.18 Å². The van der Waals surface area contributed by atoms with Gasteiger partial charge >= 0.3 is 0 Å². The number of hydrogen-bond acceptors (Lipinski definition) is 3. The molecule has 2 rings (SSSR count). The number of thioether (sulfide) groups is 1. The molecule has 7 heteroatoms. The third-order valence-corrected chi connectivity index (χ3v) is 3.98. The van der Waals surface area contributed by atoms with Gasteiger partial charge in [-0.1, -0.05) is 23.4 Å². The first-order valence-corrected chi connectivity index (χ1v) is 7.69. The second kappa shape index (κ2) is 7.06. The Balaban J connectivity index is 1.90. The van der Waals surface area contributed by atoms with Crippen LogP contribution >= 0.6 is 39.3 Å². The van der Waals surface area contributed by atoms with Crippen molar-refractivity contribution in [2.45, 2.75) is 5.03 Å². The molecule has 0 aliphatic rings. The Morgan fingerprint density at radius 2 is 2.20 bits per heavy atom. The van der Waals surface area contributed by atoms with Gasteiger partial charge in [0.15, 0.2) is 0 Å². The number of hydrogen-bond donors (Lipinski definition) is 1. The SMILES string of the molecule is O=C(CSc1ccc(Br)cn1)Nc1ccc(F)cc1Cl. The minimum absolute atomic E-state index is 0.171. The van der Waals surface area contributed by atoms with Crippen LogP contribution in [0.1, 0.15) is 0 Å². The molecule has 1 aromatic heterocycles. The molecule has 0 saturated heterocycles. The summed E-state index contributed by atoms with van der Waals surface area (Å²) >= 11 is 10.4. The van der Waals surface area contributed by atoms with Crippen molar-refractivity contribution in [3.63, 3.8) is 0 Å². The molecular weight excluding hydrogens is 367 g/mol. The highest BCUT2D eigenvalue weighted by Crippen LogP contribution is 2.23. The molecule has 0 bridgehead atoms. The zero-order valence-electron chi connectivity index (χ0n) is 10.1. The van der Waals surface area contributed by atoms with E-state index in [1.165, 1.54) is 23.9 Å². The molecule has 0 aliphatic carbocycles. The van der Waals surface area contributed by atoms with E-state index in [9.17, 15) is 9.18 Å². The van der Waals surface area contributed by atoms with E-state index in [0.29, 0.717) is 5.69 Å². The van der Waals surface area contributed by atoms with Gasteiger partial charge in [-0.15, -0.1) is 0 Å². The summed E-state index contributed by atoms with van der Waals surface area (Å²) in [6.45, 7) is 0. The minimum atomic E-state index is -0.443. The van der Waals surface area contributed by atoms with Crippen LogP contribution in [-0.4, -0.2) is 16.6 Å². The van der Waals surface area contributed by atoms with Gasteiger partial charge in [0.2, 0.25) is 5.91 Å². The molecule has 0 saturated carbocycles. The number of nitrogens with one attached hydrogen (secondary N) is 1. The van der Waals surface area contributed by atoms with Gasteiger partial charge < -0.3 is 5.32 Å². The standard InChI is InChI=1S/C13H9BrClFN2OS/c14-8-1-4-13(17-6-8)20-7-12(19)18-11-3-2-9(16)5-10(11)15/h1-6H,7H2,(H,18,19). The van der Waals surface area contributed by atoms with Crippen LogP contribution < -0.4 is 5.32 Å². The van der Waals surface area contributed by atoms with Crippen LogP contribution in [0.5, 0.6) is 0 Å². The van der Waals surface area contributed by atoms with Crippen LogP contribution in [0.2, 0.25) is 5.02 Å². The van der Waals surface area contributed by atoms with Crippen LogP contribution in [0.25, 0.3) is 0 Å². The van der Waals surface area contributed by atoms with E-state index in [-0.39, 0.29) is 16.7 Å². The molecule has 0 radical (unpaired) electrons. The second-order valence-electron chi connectivity index (χ2n) is 3.78. The van der Waals surface area contributed by atoms with Crippen LogP contribution in [0.15, 0.2) is 46.0 Å². The van der Waals surface area contributed by atoms with Crippen LogP contribution in [0, 0.1) is 5.82 Å². The molecule has 3 nitrogen and oxygen atoms in total. The molecule has 20 heavy (non-hydrogen) atoms. The fraction of sp³-hybridized carbons (Fsp3) is 0.0769. The Morgan fingerprint density at radius 3 is 2.85 bits per heavy atom. The predicted molar refractivity (Wildman–Crippen MR) is 82.7 cm³/mol. The lowest BCUT2D eigenvalue weighted by atomic mass is 10.3. The zero-order chi connectivity index (χ0) is 14.5. The fourth-order valence-corrected chi connectivity index (χ4v) is 2.46. The molecule has 0 fully saturated rings. The highest BCUT2D eigenvalue weighted by atomic mass is 79.9. The maximum Gasteiger partial charge on any atom is 0.234 e. The lowest BCUT2D eigenvalue weighted by Crippen LogP contribution is -2.14. The van der Waals surface area contributed by atoms with Gasteiger partial charge in [-0.05, 0) is 46.3 Å². The van der Waals surface area contributed by atoms with E-state index >= 15 is 0 Å². The average molecular weight is 376 g/mol. The highest BCUT2D eigenvalue weighted by Gasteiger charge is 2.08. The number of amides is 1. The summed E-state index contributed by atoms with van der Waals surface area (Å²) in [6.07, 6.45) is 1.66. The Hall–Kier alpha value is -1.11. The van der Waals surface area contributed by atoms with Crippen molar-refractivity contribution >= 4 is 50.9 Å². The topological polar surface area (TPSA) is 42.0 Å². The van der Waals surface area contributed by atoms with Crippen molar-refractivity contribution in [3.8, 4) is 0 Å². The molecule has 1 N–H and O–H groups in total. The smallest absolute Gasteiger partial charge is 0.234 e. The summed E-state index contributed by atoms with van der Waals surface area (Å²) in [4.78, 5) is 15.9. The van der Waals surface area contributed by atoms with Gasteiger partial charge in [-0.25, -0.2) is 9.37 Å². The Morgan fingerprint density at radius 1 is 1.40 bits per heavy atom. The number of nitrogens with zero attached hydrogens (tertiary/aromatic N) is 1. The summed E-state index contributed by atoms with van der Waals surface area (Å²) < 4.78 is 13.8. The Kier molecular flexibility index (Phi) is 5.39. The van der Waals surface area contributed by atoms with E-state index in [4.69, 9.17) is 11.6 Å². The summed E-state index contributed by atoms with van der Waals surface area (Å²) in [6, 6.07) is 7.49. The van der Waals surface area contributed by atoms with E-state index in [2.05, 4.69) is 26.2 Å². The monoisotopic (exact) mass is 374 g/mol. The van der Waals surface area contributed by atoms with E-state index < -0.39 is 5.82 Å². The predicted octanol–water partition coefficient (Wildman–Crippen LogP) is 4.37. The first-order valence-electron chi connectivity index (χ1n) is 5.54. The lowest BCUT2D eigenvalue weighted by Gasteiger charge is -2.07. The summed E-state index contributed by atoms with van der Waals surface area (Å²) in [7, 11) is 0. The molecule has 0 aliphatic heterocycles. The van der Waals surface area contributed by atoms with Crippen molar-refractivity contribution in [3.05, 3.63) is 51.8 Å². The van der Waals surface area contributed by atoms with Crippen molar-refractivity contribution in [1.29, 1.82) is 0 Å². The number of rotatable bonds is 4.